The predicted octanol–water partition coefficient (Wildman–Crippen LogP) is 4.18. The van der Waals surface area contributed by atoms with Crippen molar-refractivity contribution < 1.29 is 9.59 Å². The van der Waals surface area contributed by atoms with Gasteiger partial charge in [0.15, 0.2) is 5.78 Å². The molecule has 0 fully saturated rings. The molecule has 2 aromatic carbocycles. The first-order valence-electron chi connectivity index (χ1n) is 7.19. The van der Waals surface area contributed by atoms with Gasteiger partial charge in [0, 0.05) is 23.4 Å². The molecule has 0 saturated heterocycles. The van der Waals surface area contributed by atoms with Gasteiger partial charge in [-0.05, 0) is 24.6 Å². The molecule has 0 aliphatic carbocycles. The van der Waals surface area contributed by atoms with Crippen LogP contribution in [0.4, 0.5) is 0 Å². The van der Waals surface area contributed by atoms with E-state index in [1.54, 1.807) is 18.2 Å². The number of rotatable bonds is 6. The Morgan fingerprint density at radius 3 is 2.45 bits per heavy atom. The zero-order valence-corrected chi connectivity index (χ0v) is 13.1. The third-order valence-electron chi connectivity index (χ3n) is 3.40. The van der Waals surface area contributed by atoms with Crippen molar-refractivity contribution in [2.45, 2.75) is 25.8 Å². The molecule has 0 aliphatic rings. The molecule has 1 N–H and O–H groups in total. The Balaban J connectivity index is 1.84. The summed E-state index contributed by atoms with van der Waals surface area (Å²) in [6.07, 6.45) is 0.386. The Labute approximate surface area is 135 Å². The largest absolute Gasteiger partial charge is 0.350 e. The Bertz CT molecular complexity index is 655. The molecule has 2 aromatic rings. The van der Waals surface area contributed by atoms with E-state index in [0.717, 1.165) is 5.56 Å². The molecular formula is C18H18ClNO2. The molecule has 114 valence electrons. The van der Waals surface area contributed by atoms with Gasteiger partial charge < -0.3 is 5.32 Å². The molecule has 0 aliphatic heterocycles. The van der Waals surface area contributed by atoms with Gasteiger partial charge in [0.05, 0.1) is 6.04 Å². The predicted molar refractivity (Wildman–Crippen MR) is 88.0 cm³/mol. The van der Waals surface area contributed by atoms with Gasteiger partial charge in [0.1, 0.15) is 0 Å². The summed E-state index contributed by atoms with van der Waals surface area (Å²) in [6, 6.07) is 16.2. The topological polar surface area (TPSA) is 46.2 Å². The van der Waals surface area contributed by atoms with Gasteiger partial charge in [0.25, 0.3) is 0 Å². The minimum absolute atomic E-state index is 0.0221. The number of carbonyl (C=O) groups excluding carboxylic acids is 2. The number of nitrogens with one attached hydrogen (secondary N) is 1. The van der Waals surface area contributed by atoms with Crippen LogP contribution >= 0.6 is 11.6 Å². The van der Waals surface area contributed by atoms with Crippen LogP contribution in [0.3, 0.4) is 0 Å². The van der Waals surface area contributed by atoms with Crippen molar-refractivity contribution in [2.24, 2.45) is 0 Å². The molecular weight excluding hydrogens is 298 g/mol. The SMILES string of the molecule is C[C@H](NC(=O)CCC(=O)c1ccccc1)c1cccc(Cl)c1. The third-order valence-corrected chi connectivity index (χ3v) is 3.64. The lowest BCUT2D eigenvalue weighted by Gasteiger charge is -2.14. The van der Waals surface area contributed by atoms with E-state index in [2.05, 4.69) is 5.32 Å². The number of hydrogen-bond acceptors (Lipinski definition) is 2. The average molecular weight is 316 g/mol. The number of carbonyl (C=O) groups is 2. The van der Waals surface area contributed by atoms with Crippen LogP contribution in [0.25, 0.3) is 0 Å². The second-order valence-electron chi connectivity index (χ2n) is 5.13. The van der Waals surface area contributed by atoms with Crippen LogP contribution < -0.4 is 5.32 Å². The summed E-state index contributed by atoms with van der Waals surface area (Å²) >= 11 is 5.94. The van der Waals surface area contributed by atoms with Crippen molar-refractivity contribution in [3.8, 4) is 0 Å². The minimum atomic E-state index is -0.142. The van der Waals surface area contributed by atoms with Crippen LogP contribution in [0.2, 0.25) is 5.02 Å². The highest BCUT2D eigenvalue weighted by atomic mass is 35.5. The number of ketones is 1. The monoisotopic (exact) mass is 315 g/mol. The maximum atomic E-state index is 12.0. The lowest BCUT2D eigenvalue weighted by atomic mass is 10.1. The molecule has 1 amide bonds. The summed E-state index contributed by atoms with van der Waals surface area (Å²) < 4.78 is 0. The number of halogens is 1. The highest BCUT2D eigenvalue weighted by molar-refractivity contribution is 6.30. The van der Waals surface area contributed by atoms with E-state index in [-0.39, 0.29) is 30.6 Å². The Hall–Kier alpha value is -2.13. The molecule has 22 heavy (non-hydrogen) atoms. The lowest BCUT2D eigenvalue weighted by molar-refractivity contribution is -0.121. The molecule has 0 unspecified atom stereocenters. The number of benzene rings is 2. The van der Waals surface area contributed by atoms with Gasteiger partial charge in [-0.15, -0.1) is 0 Å². The molecule has 0 heterocycles. The van der Waals surface area contributed by atoms with Gasteiger partial charge in [-0.3, -0.25) is 9.59 Å². The summed E-state index contributed by atoms with van der Waals surface area (Å²) in [4.78, 5) is 23.9. The van der Waals surface area contributed by atoms with Gasteiger partial charge in [-0.25, -0.2) is 0 Å². The number of hydrogen-bond donors (Lipinski definition) is 1. The normalized spacial score (nSPS) is 11.7. The quantitative estimate of drug-likeness (QED) is 0.813. The van der Waals surface area contributed by atoms with Crippen molar-refractivity contribution in [3.63, 3.8) is 0 Å². The van der Waals surface area contributed by atoms with Crippen molar-refractivity contribution in [1.29, 1.82) is 0 Å². The van der Waals surface area contributed by atoms with Crippen LogP contribution in [0.5, 0.6) is 0 Å². The van der Waals surface area contributed by atoms with Crippen LogP contribution in [0.1, 0.15) is 41.7 Å². The zero-order valence-electron chi connectivity index (χ0n) is 12.4. The molecule has 0 bridgehead atoms. The van der Waals surface area contributed by atoms with Crippen LogP contribution in [0, 0.1) is 0 Å². The molecule has 3 nitrogen and oxygen atoms in total. The van der Waals surface area contributed by atoms with E-state index in [1.165, 1.54) is 0 Å². The lowest BCUT2D eigenvalue weighted by Crippen LogP contribution is -2.26. The van der Waals surface area contributed by atoms with Crippen molar-refractivity contribution in [2.75, 3.05) is 0 Å². The fourth-order valence-corrected chi connectivity index (χ4v) is 2.37. The standard InChI is InChI=1S/C18H18ClNO2/c1-13(15-8-5-9-16(19)12-15)20-18(22)11-10-17(21)14-6-3-2-4-7-14/h2-9,12-13H,10-11H2,1H3,(H,20,22)/t13-/m0/s1. The Morgan fingerprint density at radius 2 is 1.77 bits per heavy atom. The first-order valence-corrected chi connectivity index (χ1v) is 7.57. The van der Waals surface area contributed by atoms with E-state index < -0.39 is 0 Å². The molecule has 0 saturated carbocycles. The summed E-state index contributed by atoms with van der Waals surface area (Å²) in [5.74, 6) is -0.164. The van der Waals surface area contributed by atoms with E-state index in [1.807, 2.05) is 43.3 Å². The molecule has 2 rings (SSSR count). The van der Waals surface area contributed by atoms with Gasteiger partial charge in [-0.1, -0.05) is 54.1 Å². The molecule has 4 heteroatoms. The Morgan fingerprint density at radius 1 is 1.05 bits per heavy atom. The van der Waals surface area contributed by atoms with Crippen molar-refractivity contribution in [3.05, 3.63) is 70.7 Å². The van der Waals surface area contributed by atoms with E-state index in [9.17, 15) is 9.59 Å². The first-order chi connectivity index (χ1) is 10.6. The summed E-state index contributed by atoms with van der Waals surface area (Å²) in [6.45, 7) is 1.89. The van der Waals surface area contributed by atoms with Crippen LogP contribution in [0.15, 0.2) is 54.6 Å². The number of amides is 1. The molecule has 0 radical (unpaired) electrons. The highest BCUT2D eigenvalue weighted by Gasteiger charge is 2.12. The summed E-state index contributed by atoms with van der Waals surface area (Å²) in [5.41, 5.74) is 1.58. The van der Waals surface area contributed by atoms with Crippen molar-refractivity contribution >= 4 is 23.3 Å². The van der Waals surface area contributed by atoms with Crippen molar-refractivity contribution in [1.82, 2.24) is 5.32 Å². The highest BCUT2D eigenvalue weighted by Crippen LogP contribution is 2.17. The van der Waals surface area contributed by atoms with E-state index in [0.29, 0.717) is 10.6 Å². The maximum Gasteiger partial charge on any atom is 0.220 e. The van der Waals surface area contributed by atoms with Crippen LogP contribution in [-0.2, 0) is 4.79 Å². The maximum absolute atomic E-state index is 12.0. The van der Waals surface area contributed by atoms with Gasteiger partial charge in [0.2, 0.25) is 5.91 Å². The second-order valence-corrected chi connectivity index (χ2v) is 5.57. The number of Topliss-reactive ketones (excluding diaryl/α,β-unsaturated/α-hetero) is 1. The van der Waals surface area contributed by atoms with Crippen LogP contribution in [-0.4, -0.2) is 11.7 Å². The summed E-state index contributed by atoms with van der Waals surface area (Å²) in [5, 5.41) is 3.52. The minimum Gasteiger partial charge on any atom is -0.350 e. The average Bonchev–Trinajstić information content (AvgIpc) is 2.53. The van der Waals surface area contributed by atoms with E-state index >= 15 is 0 Å². The summed E-state index contributed by atoms with van der Waals surface area (Å²) in [7, 11) is 0. The fraction of sp³-hybridized carbons (Fsp3) is 0.222. The first kappa shape index (κ1) is 16.2. The molecule has 1 atom stereocenters. The van der Waals surface area contributed by atoms with E-state index in [4.69, 9.17) is 11.6 Å². The molecule has 0 aromatic heterocycles. The Kier molecular flexibility index (Phi) is 5.73. The molecule has 0 spiro atoms. The van der Waals surface area contributed by atoms with Gasteiger partial charge in [-0.2, -0.15) is 0 Å². The van der Waals surface area contributed by atoms with Gasteiger partial charge >= 0.3 is 0 Å². The zero-order chi connectivity index (χ0) is 15.9. The third kappa shape index (κ3) is 4.71. The smallest absolute Gasteiger partial charge is 0.220 e. The fourth-order valence-electron chi connectivity index (χ4n) is 2.17. The second kappa shape index (κ2) is 7.76.